The van der Waals surface area contributed by atoms with Crippen molar-refractivity contribution in [2.24, 2.45) is 0 Å². The predicted molar refractivity (Wildman–Crippen MR) is 73.5 cm³/mol. The van der Waals surface area contributed by atoms with Crippen LogP contribution in [0.15, 0.2) is 17.8 Å². The van der Waals surface area contributed by atoms with Gasteiger partial charge in [0, 0.05) is 6.54 Å². The fourth-order valence-electron chi connectivity index (χ4n) is 1.51. The van der Waals surface area contributed by atoms with Gasteiger partial charge in [-0.2, -0.15) is 11.8 Å². The van der Waals surface area contributed by atoms with Gasteiger partial charge in [0.05, 0.1) is 5.39 Å². The third-order valence-electron chi connectivity index (χ3n) is 2.33. The van der Waals surface area contributed by atoms with Gasteiger partial charge in [0.15, 0.2) is 0 Å². The number of fused-ring (bicyclic) bond motifs is 1. The second kappa shape index (κ2) is 6.06. The zero-order chi connectivity index (χ0) is 11.2. The Morgan fingerprint density at radius 2 is 2.31 bits per heavy atom. The second-order valence-corrected chi connectivity index (χ2v) is 5.37. The molecule has 16 heavy (non-hydrogen) atoms. The van der Waals surface area contributed by atoms with Crippen LogP contribution in [0.1, 0.15) is 12.8 Å². The quantitative estimate of drug-likeness (QED) is 0.802. The zero-order valence-electron chi connectivity index (χ0n) is 9.27. The van der Waals surface area contributed by atoms with Crippen molar-refractivity contribution < 1.29 is 0 Å². The minimum absolute atomic E-state index is 0.968. The lowest BCUT2D eigenvalue weighted by Gasteiger charge is -2.05. The van der Waals surface area contributed by atoms with Crippen LogP contribution in [0.25, 0.3) is 10.2 Å². The Bertz CT molecular complexity index is 441. The molecule has 0 saturated heterocycles. The summed E-state index contributed by atoms with van der Waals surface area (Å²) in [5.74, 6) is 2.20. The van der Waals surface area contributed by atoms with Gasteiger partial charge in [-0.05, 0) is 36.3 Å². The summed E-state index contributed by atoms with van der Waals surface area (Å²) >= 11 is 3.55. The highest BCUT2D eigenvalue weighted by atomic mass is 32.2. The maximum Gasteiger partial charge on any atom is 0.138 e. The summed E-state index contributed by atoms with van der Waals surface area (Å²) in [4.78, 5) is 9.56. The number of nitrogens with one attached hydrogen (secondary N) is 1. The van der Waals surface area contributed by atoms with Gasteiger partial charge >= 0.3 is 0 Å². The molecule has 0 amide bonds. The molecular weight excluding hydrogens is 238 g/mol. The van der Waals surface area contributed by atoms with Crippen molar-refractivity contribution in [3.8, 4) is 0 Å². The average molecular weight is 253 g/mol. The van der Waals surface area contributed by atoms with E-state index in [0.717, 1.165) is 22.6 Å². The molecule has 0 bridgehead atoms. The summed E-state index contributed by atoms with van der Waals surface area (Å²) < 4.78 is 0. The van der Waals surface area contributed by atoms with Crippen molar-refractivity contribution in [1.82, 2.24) is 9.97 Å². The standard InChI is InChI=1S/C11H15N3S2/c1-15-6-3-2-5-12-10-9-4-7-16-11(9)14-8-13-10/h4,7-8H,2-3,5-6H2,1H3,(H,12,13,14). The lowest BCUT2D eigenvalue weighted by molar-refractivity contribution is 0.840. The Kier molecular flexibility index (Phi) is 4.42. The molecule has 0 aromatic carbocycles. The van der Waals surface area contributed by atoms with E-state index in [-0.39, 0.29) is 0 Å². The summed E-state index contributed by atoms with van der Waals surface area (Å²) in [5.41, 5.74) is 0. The normalized spacial score (nSPS) is 10.8. The van der Waals surface area contributed by atoms with E-state index in [0.29, 0.717) is 0 Å². The molecule has 3 nitrogen and oxygen atoms in total. The fourth-order valence-corrected chi connectivity index (χ4v) is 2.73. The van der Waals surface area contributed by atoms with Crippen LogP contribution in [0.5, 0.6) is 0 Å². The molecule has 0 radical (unpaired) electrons. The van der Waals surface area contributed by atoms with Crippen LogP contribution < -0.4 is 5.32 Å². The first kappa shape index (κ1) is 11.7. The maximum atomic E-state index is 4.28. The molecular formula is C11H15N3S2. The Labute approximate surface area is 104 Å². The molecule has 0 atom stereocenters. The molecule has 0 aliphatic rings. The van der Waals surface area contributed by atoms with Gasteiger partial charge in [-0.25, -0.2) is 9.97 Å². The third kappa shape index (κ3) is 2.86. The van der Waals surface area contributed by atoms with E-state index in [4.69, 9.17) is 0 Å². The minimum Gasteiger partial charge on any atom is -0.369 e. The average Bonchev–Trinajstić information content (AvgIpc) is 2.77. The number of nitrogens with zero attached hydrogens (tertiary/aromatic N) is 2. The fraction of sp³-hybridized carbons (Fsp3) is 0.455. The van der Waals surface area contributed by atoms with E-state index in [1.165, 1.54) is 18.6 Å². The third-order valence-corrected chi connectivity index (χ3v) is 3.85. The number of thiophene rings is 1. The largest absolute Gasteiger partial charge is 0.369 e. The second-order valence-electron chi connectivity index (χ2n) is 3.49. The molecule has 5 heteroatoms. The van der Waals surface area contributed by atoms with E-state index >= 15 is 0 Å². The Morgan fingerprint density at radius 3 is 3.19 bits per heavy atom. The molecule has 0 aliphatic heterocycles. The zero-order valence-corrected chi connectivity index (χ0v) is 10.9. The summed E-state index contributed by atoms with van der Waals surface area (Å²) in [6, 6.07) is 2.07. The predicted octanol–water partition coefficient (Wildman–Crippen LogP) is 3.25. The molecule has 0 aliphatic carbocycles. The minimum atomic E-state index is 0.968. The van der Waals surface area contributed by atoms with Crippen molar-refractivity contribution in [2.75, 3.05) is 23.9 Å². The first-order chi connectivity index (χ1) is 7.92. The Balaban J connectivity index is 1.91. The van der Waals surface area contributed by atoms with Crippen molar-refractivity contribution >= 4 is 39.1 Å². The molecule has 0 unspecified atom stereocenters. The molecule has 1 N–H and O–H groups in total. The van der Waals surface area contributed by atoms with Crippen LogP contribution in [0, 0.1) is 0 Å². The van der Waals surface area contributed by atoms with E-state index in [1.54, 1.807) is 17.7 Å². The van der Waals surface area contributed by atoms with Gasteiger partial charge in [-0.1, -0.05) is 0 Å². The van der Waals surface area contributed by atoms with Crippen molar-refractivity contribution in [1.29, 1.82) is 0 Å². The molecule has 0 fully saturated rings. The van der Waals surface area contributed by atoms with Gasteiger partial charge < -0.3 is 5.32 Å². The van der Waals surface area contributed by atoms with E-state index in [2.05, 4.69) is 33.0 Å². The molecule has 0 spiro atoms. The van der Waals surface area contributed by atoms with E-state index in [1.807, 2.05) is 11.8 Å². The summed E-state index contributed by atoms with van der Waals surface area (Å²) in [6.45, 7) is 0.989. The van der Waals surface area contributed by atoms with Crippen LogP contribution in [0.4, 0.5) is 5.82 Å². The summed E-state index contributed by atoms with van der Waals surface area (Å²) in [7, 11) is 0. The van der Waals surface area contributed by atoms with Crippen LogP contribution in [0.3, 0.4) is 0 Å². The number of anilines is 1. The number of hydrogen-bond acceptors (Lipinski definition) is 5. The van der Waals surface area contributed by atoms with Crippen molar-refractivity contribution in [3.05, 3.63) is 17.8 Å². The smallest absolute Gasteiger partial charge is 0.138 e. The Hall–Kier alpha value is -0.810. The molecule has 2 aromatic rings. The number of hydrogen-bond donors (Lipinski definition) is 1. The highest BCUT2D eigenvalue weighted by molar-refractivity contribution is 7.98. The van der Waals surface area contributed by atoms with Crippen molar-refractivity contribution in [2.45, 2.75) is 12.8 Å². The summed E-state index contributed by atoms with van der Waals surface area (Å²) in [6.07, 6.45) is 6.22. The molecule has 0 saturated carbocycles. The lowest BCUT2D eigenvalue weighted by atomic mass is 10.3. The topological polar surface area (TPSA) is 37.8 Å². The van der Waals surface area contributed by atoms with Crippen LogP contribution in [-0.4, -0.2) is 28.5 Å². The van der Waals surface area contributed by atoms with Gasteiger partial charge in [0.25, 0.3) is 0 Å². The molecule has 2 heterocycles. The van der Waals surface area contributed by atoms with E-state index < -0.39 is 0 Å². The Morgan fingerprint density at radius 1 is 1.38 bits per heavy atom. The first-order valence-corrected chi connectivity index (χ1v) is 7.60. The highest BCUT2D eigenvalue weighted by Crippen LogP contribution is 2.23. The molecule has 86 valence electrons. The lowest BCUT2D eigenvalue weighted by Crippen LogP contribution is -2.04. The molecule has 2 rings (SSSR count). The maximum absolute atomic E-state index is 4.28. The SMILES string of the molecule is CSCCCCNc1ncnc2sccc12. The van der Waals surface area contributed by atoms with Crippen LogP contribution >= 0.6 is 23.1 Å². The van der Waals surface area contributed by atoms with Gasteiger partial charge in [0.1, 0.15) is 17.0 Å². The van der Waals surface area contributed by atoms with Crippen LogP contribution in [-0.2, 0) is 0 Å². The first-order valence-electron chi connectivity index (χ1n) is 5.33. The summed E-state index contributed by atoms with van der Waals surface area (Å²) in [5, 5.41) is 6.57. The molecule has 2 aromatic heterocycles. The highest BCUT2D eigenvalue weighted by Gasteiger charge is 2.02. The van der Waals surface area contributed by atoms with Crippen molar-refractivity contribution in [3.63, 3.8) is 0 Å². The number of rotatable bonds is 6. The van der Waals surface area contributed by atoms with E-state index in [9.17, 15) is 0 Å². The number of aromatic nitrogens is 2. The van der Waals surface area contributed by atoms with Gasteiger partial charge in [-0.3, -0.25) is 0 Å². The monoisotopic (exact) mass is 253 g/mol. The van der Waals surface area contributed by atoms with Crippen LogP contribution in [0.2, 0.25) is 0 Å². The van der Waals surface area contributed by atoms with Gasteiger partial charge in [-0.15, -0.1) is 11.3 Å². The van der Waals surface area contributed by atoms with Gasteiger partial charge in [0.2, 0.25) is 0 Å². The number of unbranched alkanes of at least 4 members (excludes halogenated alkanes) is 1. The number of thioether (sulfide) groups is 1.